The third kappa shape index (κ3) is 3.48. The molecule has 0 unspecified atom stereocenters. The van der Waals surface area contributed by atoms with Crippen molar-refractivity contribution in [2.45, 2.75) is 44.0 Å². The van der Waals surface area contributed by atoms with Gasteiger partial charge in [0, 0.05) is 0 Å². The number of nitrogens with two attached hydrogens (primary N) is 1. The smallest absolute Gasteiger partial charge is 0.451 e. The van der Waals surface area contributed by atoms with Crippen LogP contribution in [-0.4, -0.2) is 33.8 Å². The van der Waals surface area contributed by atoms with E-state index in [9.17, 15) is 4.79 Å². The number of carboxylic acids is 1. The van der Waals surface area contributed by atoms with E-state index < -0.39 is 18.6 Å². The molecule has 0 heterocycles. The molecule has 0 aromatic rings. The summed E-state index contributed by atoms with van der Waals surface area (Å²) in [7, 11) is -1.30. The Kier molecular flexibility index (Phi) is 4.13. The lowest BCUT2D eigenvalue weighted by Crippen LogP contribution is -2.51. The summed E-state index contributed by atoms with van der Waals surface area (Å²) in [4.78, 5) is 10.9. The van der Waals surface area contributed by atoms with Gasteiger partial charge >= 0.3 is 13.1 Å². The lowest BCUT2D eigenvalue weighted by Gasteiger charge is -2.34. The van der Waals surface area contributed by atoms with Crippen molar-refractivity contribution in [3.8, 4) is 0 Å². The average molecular weight is 215 g/mol. The summed E-state index contributed by atoms with van der Waals surface area (Å²) in [6.45, 7) is 0. The molecule has 5 nitrogen and oxygen atoms in total. The van der Waals surface area contributed by atoms with E-state index in [0.29, 0.717) is 25.6 Å². The van der Waals surface area contributed by atoms with Crippen molar-refractivity contribution in [3.63, 3.8) is 0 Å². The van der Waals surface area contributed by atoms with Crippen LogP contribution in [0.4, 0.5) is 0 Å². The molecule has 5 N–H and O–H groups in total. The van der Waals surface area contributed by atoms with E-state index in [0.717, 1.165) is 12.8 Å². The first kappa shape index (κ1) is 12.5. The summed E-state index contributed by atoms with van der Waals surface area (Å²) in [6.07, 6.45) is 3.60. The van der Waals surface area contributed by atoms with Crippen LogP contribution in [0.3, 0.4) is 0 Å². The van der Waals surface area contributed by atoms with Gasteiger partial charge in [0.2, 0.25) is 0 Å². The van der Waals surface area contributed by atoms with E-state index in [4.69, 9.17) is 20.9 Å². The zero-order valence-corrected chi connectivity index (χ0v) is 8.72. The molecular weight excluding hydrogens is 197 g/mol. The first-order chi connectivity index (χ1) is 6.94. The van der Waals surface area contributed by atoms with E-state index >= 15 is 0 Å². The van der Waals surface area contributed by atoms with Crippen LogP contribution in [0.2, 0.25) is 6.32 Å². The lowest BCUT2D eigenvalue weighted by molar-refractivity contribution is -0.145. The van der Waals surface area contributed by atoms with Gasteiger partial charge in [-0.15, -0.1) is 0 Å². The minimum atomic E-state index is -1.30. The predicted octanol–water partition coefficient (Wildman–Crippen LogP) is -0.178. The van der Waals surface area contributed by atoms with Gasteiger partial charge in [-0.2, -0.15) is 0 Å². The molecule has 0 spiro atoms. The molecule has 0 aromatic heterocycles. The van der Waals surface area contributed by atoms with Crippen molar-refractivity contribution in [2.24, 2.45) is 11.7 Å². The fourth-order valence-corrected chi connectivity index (χ4v) is 2.25. The monoisotopic (exact) mass is 215 g/mol. The minimum Gasteiger partial charge on any atom is -0.480 e. The summed E-state index contributed by atoms with van der Waals surface area (Å²) < 4.78 is 0. The molecular formula is C9H18BNO4. The second kappa shape index (κ2) is 4.96. The maximum Gasteiger partial charge on any atom is 0.451 e. The van der Waals surface area contributed by atoms with Crippen LogP contribution in [-0.2, 0) is 4.79 Å². The van der Waals surface area contributed by atoms with Crippen LogP contribution in [0, 0.1) is 5.92 Å². The van der Waals surface area contributed by atoms with Crippen LogP contribution < -0.4 is 5.73 Å². The number of carboxylic acid groups (broad SMARTS) is 1. The molecule has 0 amide bonds. The fraction of sp³-hybridized carbons (Fsp3) is 0.889. The number of aliphatic carboxylic acids is 1. The highest BCUT2D eigenvalue weighted by atomic mass is 16.4. The van der Waals surface area contributed by atoms with E-state index in [-0.39, 0.29) is 5.92 Å². The molecule has 15 heavy (non-hydrogen) atoms. The van der Waals surface area contributed by atoms with Gasteiger partial charge in [0.15, 0.2) is 0 Å². The zero-order chi connectivity index (χ0) is 11.5. The second-order valence-electron chi connectivity index (χ2n) is 4.48. The molecule has 0 bridgehead atoms. The Morgan fingerprint density at radius 2 is 2.20 bits per heavy atom. The molecule has 1 aliphatic rings. The van der Waals surface area contributed by atoms with Crippen LogP contribution in [0.5, 0.6) is 0 Å². The van der Waals surface area contributed by atoms with Gasteiger partial charge in [-0.3, -0.25) is 4.79 Å². The molecule has 1 fully saturated rings. The lowest BCUT2D eigenvalue weighted by atomic mass is 9.71. The van der Waals surface area contributed by atoms with Crippen molar-refractivity contribution in [1.82, 2.24) is 0 Å². The van der Waals surface area contributed by atoms with Crippen LogP contribution in [0.15, 0.2) is 0 Å². The van der Waals surface area contributed by atoms with Gasteiger partial charge in [0.25, 0.3) is 0 Å². The third-order valence-electron chi connectivity index (χ3n) is 3.15. The first-order valence-electron chi connectivity index (χ1n) is 5.32. The average Bonchev–Trinajstić information content (AvgIpc) is 2.15. The maximum absolute atomic E-state index is 10.9. The second-order valence-corrected chi connectivity index (χ2v) is 4.48. The minimum absolute atomic E-state index is 0.196. The molecule has 6 heteroatoms. The highest BCUT2D eigenvalue weighted by molar-refractivity contribution is 6.40. The van der Waals surface area contributed by atoms with E-state index in [1.165, 1.54) is 0 Å². The first-order valence-corrected chi connectivity index (χ1v) is 5.32. The van der Waals surface area contributed by atoms with Gasteiger partial charge in [0.05, 0.1) is 0 Å². The quantitative estimate of drug-likeness (QED) is 0.487. The Labute approximate surface area is 89.4 Å². The summed E-state index contributed by atoms with van der Waals surface area (Å²) in [5.41, 5.74) is 4.67. The van der Waals surface area contributed by atoms with Crippen molar-refractivity contribution in [2.75, 3.05) is 0 Å². The summed E-state index contributed by atoms with van der Waals surface area (Å²) in [5.74, 6) is -0.751. The zero-order valence-electron chi connectivity index (χ0n) is 8.72. The van der Waals surface area contributed by atoms with Crippen LogP contribution >= 0.6 is 0 Å². The molecule has 86 valence electrons. The van der Waals surface area contributed by atoms with E-state index in [1.807, 2.05) is 0 Å². The van der Waals surface area contributed by atoms with Gasteiger partial charge in [0.1, 0.15) is 5.54 Å². The highest BCUT2D eigenvalue weighted by Gasteiger charge is 2.39. The largest absolute Gasteiger partial charge is 0.480 e. The molecule has 2 atom stereocenters. The molecule has 1 rings (SSSR count). The van der Waals surface area contributed by atoms with Crippen molar-refractivity contribution in [3.05, 3.63) is 0 Å². The Hall–Kier alpha value is -0.585. The van der Waals surface area contributed by atoms with Gasteiger partial charge in [-0.1, -0.05) is 19.3 Å². The fourth-order valence-electron chi connectivity index (χ4n) is 2.25. The maximum atomic E-state index is 10.9. The standard InChI is InChI=1S/C9H18BNO4/c11-9(8(12)13)4-1-2-7(6-9)3-5-10(14)15/h7,14-15H,1-6,11H2,(H,12,13)/t7-,9+/m0/s1. The van der Waals surface area contributed by atoms with Crippen LogP contribution in [0.25, 0.3) is 0 Å². The van der Waals surface area contributed by atoms with Crippen molar-refractivity contribution < 1.29 is 19.9 Å². The third-order valence-corrected chi connectivity index (χ3v) is 3.15. The van der Waals surface area contributed by atoms with Crippen molar-refractivity contribution in [1.29, 1.82) is 0 Å². The SMILES string of the molecule is N[C@]1(C(=O)O)CCC[C@@H](CCB(O)O)C1. The molecule has 1 saturated carbocycles. The topological polar surface area (TPSA) is 104 Å². The predicted molar refractivity (Wildman–Crippen MR) is 56.1 cm³/mol. The Morgan fingerprint density at radius 1 is 1.53 bits per heavy atom. The Balaban J connectivity index is 2.45. The number of carbonyl (C=O) groups is 1. The van der Waals surface area contributed by atoms with Crippen molar-refractivity contribution >= 4 is 13.1 Å². The van der Waals surface area contributed by atoms with Gasteiger partial charge in [-0.25, -0.2) is 0 Å². The van der Waals surface area contributed by atoms with E-state index in [2.05, 4.69) is 0 Å². The van der Waals surface area contributed by atoms with Crippen LogP contribution in [0.1, 0.15) is 32.1 Å². The number of rotatable bonds is 4. The van der Waals surface area contributed by atoms with Gasteiger partial charge in [-0.05, 0) is 25.1 Å². The Bertz CT molecular complexity index is 236. The summed E-state index contributed by atoms with van der Waals surface area (Å²) in [5, 5.41) is 26.4. The molecule has 0 aliphatic heterocycles. The molecule has 0 saturated heterocycles. The molecule has 0 radical (unpaired) electrons. The number of hydrogen-bond acceptors (Lipinski definition) is 4. The Morgan fingerprint density at radius 3 is 2.73 bits per heavy atom. The molecule has 1 aliphatic carbocycles. The normalized spacial score (nSPS) is 31.3. The van der Waals surface area contributed by atoms with Gasteiger partial charge < -0.3 is 20.9 Å². The number of hydrogen-bond donors (Lipinski definition) is 4. The van der Waals surface area contributed by atoms with E-state index in [1.54, 1.807) is 0 Å². The highest BCUT2D eigenvalue weighted by Crippen LogP contribution is 2.33. The summed E-state index contributed by atoms with van der Waals surface area (Å²) in [6, 6.07) is 0. The summed E-state index contributed by atoms with van der Waals surface area (Å²) >= 11 is 0. The molecule has 0 aromatic carbocycles.